The Balaban J connectivity index is 1.76. The van der Waals surface area contributed by atoms with Crippen molar-refractivity contribution in [3.63, 3.8) is 0 Å². The van der Waals surface area contributed by atoms with Gasteiger partial charge in [-0.3, -0.25) is 0 Å². The van der Waals surface area contributed by atoms with E-state index in [2.05, 4.69) is 22.2 Å². The van der Waals surface area contributed by atoms with E-state index in [0.717, 1.165) is 33.8 Å². The molecule has 4 aromatic rings. The monoisotopic (exact) mass is 365 g/mol. The Morgan fingerprint density at radius 2 is 1.61 bits per heavy atom. The number of nitrogens with zero attached hydrogens (tertiary/aromatic N) is 3. The van der Waals surface area contributed by atoms with Gasteiger partial charge in [0.25, 0.3) is 0 Å². The summed E-state index contributed by atoms with van der Waals surface area (Å²) in [4.78, 5) is 0. The Morgan fingerprint density at radius 3 is 2.36 bits per heavy atom. The summed E-state index contributed by atoms with van der Waals surface area (Å²) in [6.07, 6.45) is 0. The minimum absolute atomic E-state index is 0.565. The molecule has 4 rings (SSSR count). The van der Waals surface area contributed by atoms with Crippen molar-refractivity contribution in [2.75, 3.05) is 7.11 Å². The zero-order valence-electron chi connectivity index (χ0n) is 15.5. The van der Waals surface area contributed by atoms with Gasteiger partial charge >= 0.3 is 0 Å². The van der Waals surface area contributed by atoms with Crippen LogP contribution >= 0.6 is 0 Å². The molecule has 0 fully saturated rings. The molecule has 0 saturated heterocycles. The fraction of sp³-hybridized carbons (Fsp3) is 0.0833. The highest BCUT2D eigenvalue weighted by molar-refractivity contribution is 5.65. The Morgan fingerprint density at radius 1 is 0.857 bits per heavy atom. The SMILES string of the molecule is COc1cccc(Cn2nnc(-c3ccccc3)c2C#Cc2ccccc2)c1. The standard InChI is InChI=1S/C24H19N3O/c1-28-22-14-8-11-20(17-22)18-27-23(16-15-19-9-4-2-5-10-19)24(25-26-27)21-12-6-3-7-13-21/h2-14,17H,18H2,1H3. The lowest BCUT2D eigenvalue weighted by atomic mass is 10.1. The van der Waals surface area contributed by atoms with Crippen molar-refractivity contribution in [2.45, 2.75) is 6.54 Å². The van der Waals surface area contributed by atoms with Crippen LogP contribution in [0.1, 0.15) is 16.8 Å². The number of benzene rings is 3. The number of hydrogen-bond donors (Lipinski definition) is 0. The van der Waals surface area contributed by atoms with E-state index >= 15 is 0 Å². The van der Waals surface area contributed by atoms with E-state index in [1.807, 2.05) is 89.6 Å². The Hall–Kier alpha value is -3.84. The molecule has 0 radical (unpaired) electrons. The molecule has 0 N–H and O–H groups in total. The molecule has 3 aromatic carbocycles. The summed E-state index contributed by atoms with van der Waals surface area (Å²) in [5.74, 6) is 7.33. The molecule has 0 aliphatic heterocycles. The third-order valence-corrected chi connectivity index (χ3v) is 4.35. The maximum absolute atomic E-state index is 5.33. The van der Waals surface area contributed by atoms with Crippen LogP contribution in [0.2, 0.25) is 0 Å². The summed E-state index contributed by atoms with van der Waals surface area (Å²) < 4.78 is 7.17. The lowest BCUT2D eigenvalue weighted by molar-refractivity contribution is 0.414. The Kier molecular flexibility index (Phi) is 5.17. The average molecular weight is 365 g/mol. The smallest absolute Gasteiger partial charge is 0.140 e. The molecule has 0 aliphatic carbocycles. The highest BCUT2D eigenvalue weighted by Gasteiger charge is 2.13. The van der Waals surface area contributed by atoms with Gasteiger partial charge in [0.1, 0.15) is 17.1 Å². The van der Waals surface area contributed by atoms with E-state index in [0.29, 0.717) is 6.54 Å². The first-order valence-corrected chi connectivity index (χ1v) is 9.02. The van der Waals surface area contributed by atoms with Crippen LogP contribution in [-0.4, -0.2) is 22.1 Å². The molecule has 4 nitrogen and oxygen atoms in total. The number of methoxy groups -OCH3 is 1. The Labute approximate surface area is 164 Å². The van der Waals surface area contributed by atoms with Gasteiger partial charge in [-0.1, -0.05) is 71.8 Å². The molecule has 136 valence electrons. The first-order chi connectivity index (χ1) is 13.8. The first-order valence-electron chi connectivity index (χ1n) is 9.02. The molecule has 0 spiro atoms. The topological polar surface area (TPSA) is 39.9 Å². The summed E-state index contributed by atoms with van der Waals surface area (Å²) in [7, 11) is 1.67. The van der Waals surface area contributed by atoms with Crippen molar-refractivity contribution in [1.82, 2.24) is 15.0 Å². The number of rotatable bonds is 4. The van der Waals surface area contributed by atoms with E-state index in [1.165, 1.54) is 0 Å². The van der Waals surface area contributed by atoms with Gasteiger partial charge in [0.15, 0.2) is 0 Å². The molecule has 28 heavy (non-hydrogen) atoms. The van der Waals surface area contributed by atoms with Gasteiger partial charge in [0, 0.05) is 11.1 Å². The summed E-state index contributed by atoms with van der Waals surface area (Å²) in [6, 6.07) is 27.9. The van der Waals surface area contributed by atoms with Crippen LogP contribution < -0.4 is 4.74 Å². The van der Waals surface area contributed by atoms with Crippen molar-refractivity contribution in [3.8, 4) is 28.8 Å². The fourth-order valence-electron chi connectivity index (χ4n) is 2.93. The predicted octanol–water partition coefficient (Wildman–Crippen LogP) is 4.40. The summed E-state index contributed by atoms with van der Waals surface area (Å²) in [5.41, 5.74) is 4.60. The van der Waals surface area contributed by atoms with E-state index in [1.54, 1.807) is 7.11 Å². The molecule has 4 heteroatoms. The second-order valence-corrected chi connectivity index (χ2v) is 6.28. The number of ether oxygens (including phenoxy) is 1. The summed E-state index contributed by atoms with van der Waals surface area (Å²) in [5, 5.41) is 8.80. The fourth-order valence-corrected chi connectivity index (χ4v) is 2.93. The maximum atomic E-state index is 5.33. The highest BCUT2D eigenvalue weighted by Crippen LogP contribution is 2.22. The lowest BCUT2D eigenvalue weighted by Gasteiger charge is -2.06. The third kappa shape index (κ3) is 3.94. The van der Waals surface area contributed by atoms with Crippen LogP contribution in [0, 0.1) is 11.8 Å². The second-order valence-electron chi connectivity index (χ2n) is 6.28. The lowest BCUT2D eigenvalue weighted by Crippen LogP contribution is -2.05. The van der Waals surface area contributed by atoms with Gasteiger partial charge < -0.3 is 4.74 Å². The normalized spacial score (nSPS) is 10.2. The van der Waals surface area contributed by atoms with Gasteiger partial charge in [0.2, 0.25) is 0 Å². The van der Waals surface area contributed by atoms with E-state index in [-0.39, 0.29) is 0 Å². The van der Waals surface area contributed by atoms with Crippen LogP contribution in [0.5, 0.6) is 5.75 Å². The van der Waals surface area contributed by atoms with Gasteiger partial charge in [-0.05, 0) is 35.7 Å². The summed E-state index contributed by atoms with van der Waals surface area (Å²) >= 11 is 0. The van der Waals surface area contributed by atoms with Gasteiger partial charge in [-0.25, -0.2) is 4.68 Å². The first kappa shape index (κ1) is 17.6. The molecule has 0 unspecified atom stereocenters. The highest BCUT2D eigenvalue weighted by atomic mass is 16.5. The third-order valence-electron chi connectivity index (χ3n) is 4.35. The Bertz CT molecular complexity index is 1120. The molecule has 0 bridgehead atoms. The molecule has 0 atom stereocenters. The molecule has 0 amide bonds. The van der Waals surface area contributed by atoms with E-state index < -0.39 is 0 Å². The average Bonchev–Trinajstić information content (AvgIpc) is 3.16. The molecule has 0 saturated carbocycles. The molecule has 0 aliphatic rings. The molecular formula is C24H19N3O. The maximum Gasteiger partial charge on any atom is 0.140 e. The van der Waals surface area contributed by atoms with Crippen LogP contribution in [0.25, 0.3) is 11.3 Å². The molecule has 1 aromatic heterocycles. The van der Waals surface area contributed by atoms with Crippen molar-refractivity contribution in [1.29, 1.82) is 0 Å². The van der Waals surface area contributed by atoms with Gasteiger partial charge in [-0.2, -0.15) is 0 Å². The zero-order chi connectivity index (χ0) is 19.2. The second kappa shape index (κ2) is 8.24. The quantitative estimate of drug-likeness (QED) is 0.503. The van der Waals surface area contributed by atoms with Crippen LogP contribution in [0.4, 0.5) is 0 Å². The molecular weight excluding hydrogens is 346 g/mol. The van der Waals surface area contributed by atoms with E-state index in [9.17, 15) is 0 Å². The van der Waals surface area contributed by atoms with Crippen LogP contribution in [-0.2, 0) is 6.54 Å². The minimum Gasteiger partial charge on any atom is -0.497 e. The van der Waals surface area contributed by atoms with Gasteiger partial charge in [0.05, 0.1) is 13.7 Å². The predicted molar refractivity (Wildman–Crippen MR) is 110 cm³/mol. The van der Waals surface area contributed by atoms with Crippen molar-refractivity contribution >= 4 is 0 Å². The van der Waals surface area contributed by atoms with Crippen molar-refractivity contribution in [2.24, 2.45) is 0 Å². The summed E-state index contributed by atoms with van der Waals surface area (Å²) in [6.45, 7) is 0.565. The number of aromatic nitrogens is 3. The van der Waals surface area contributed by atoms with Crippen molar-refractivity contribution < 1.29 is 4.74 Å². The molecule has 1 heterocycles. The largest absolute Gasteiger partial charge is 0.497 e. The van der Waals surface area contributed by atoms with E-state index in [4.69, 9.17) is 4.74 Å². The minimum atomic E-state index is 0.565. The van der Waals surface area contributed by atoms with Crippen LogP contribution in [0.15, 0.2) is 84.9 Å². The zero-order valence-corrected chi connectivity index (χ0v) is 15.5. The number of hydrogen-bond acceptors (Lipinski definition) is 3. The van der Waals surface area contributed by atoms with Crippen LogP contribution in [0.3, 0.4) is 0 Å². The van der Waals surface area contributed by atoms with Crippen molar-refractivity contribution in [3.05, 3.63) is 102 Å². The van der Waals surface area contributed by atoms with Gasteiger partial charge in [-0.15, -0.1) is 5.10 Å².